The summed E-state index contributed by atoms with van der Waals surface area (Å²) in [5.41, 5.74) is -0.936. The normalized spacial score (nSPS) is 32.4. The molecule has 2 aliphatic rings. The van der Waals surface area contributed by atoms with Crippen LogP contribution < -0.4 is 5.32 Å². The monoisotopic (exact) mass is 299 g/mol. The highest BCUT2D eigenvalue weighted by molar-refractivity contribution is 6.49. The fourth-order valence-corrected chi connectivity index (χ4v) is 4.23. The molecule has 0 heterocycles. The standard InChI is InChI=1S/C18H21NO3/c1-11-6-5-7-12(10-11)19-15(22)18-9-8-17(4,16(18,2)3)13(20)14(18)21/h5-7,10H,8-9H2,1-4H3,(H,19,22)/t17-,18+/m0/s1. The van der Waals surface area contributed by atoms with Crippen molar-refractivity contribution >= 4 is 23.2 Å². The van der Waals surface area contributed by atoms with Gasteiger partial charge in [-0.1, -0.05) is 32.9 Å². The van der Waals surface area contributed by atoms with Crippen LogP contribution in [0.5, 0.6) is 0 Å². The van der Waals surface area contributed by atoms with Gasteiger partial charge in [0.25, 0.3) is 0 Å². The molecule has 3 rings (SSSR count). The highest BCUT2D eigenvalue weighted by atomic mass is 16.2. The molecule has 2 saturated carbocycles. The van der Waals surface area contributed by atoms with Gasteiger partial charge in [0.1, 0.15) is 5.41 Å². The smallest absolute Gasteiger partial charge is 0.239 e. The van der Waals surface area contributed by atoms with Crippen molar-refractivity contribution in [1.29, 1.82) is 0 Å². The first-order valence-electron chi connectivity index (χ1n) is 7.64. The molecule has 0 saturated heterocycles. The third kappa shape index (κ3) is 1.50. The molecule has 1 N–H and O–H groups in total. The summed E-state index contributed by atoms with van der Waals surface area (Å²) in [5.74, 6) is -1.25. The number of aryl methyl sites for hydroxylation is 1. The summed E-state index contributed by atoms with van der Waals surface area (Å²) in [6.45, 7) is 7.51. The van der Waals surface area contributed by atoms with Crippen LogP contribution >= 0.6 is 0 Å². The van der Waals surface area contributed by atoms with E-state index < -0.39 is 22.0 Å². The number of anilines is 1. The van der Waals surface area contributed by atoms with Crippen LogP contribution in [0.15, 0.2) is 24.3 Å². The predicted molar refractivity (Wildman–Crippen MR) is 83.4 cm³/mol. The van der Waals surface area contributed by atoms with Gasteiger partial charge >= 0.3 is 0 Å². The molecule has 2 fully saturated rings. The number of ketones is 2. The van der Waals surface area contributed by atoms with Crippen molar-refractivity contribution in [1.82, 2.24) is 0 Å². The van der Waals surface area contributed by atoms with Crippen molar-refractivity contribution < 1.29 is 14.4 Å². The highest BCUT2D eigenvalue weighted by Gasteiger charge is 2.77. The second kappa shape index (κ2) is 4.28. The summed E-state index contributed by atoms with van der Waals surface area (Å²) in [5, 5.41) is 2.85. The number of amides is 1. The molecule has 0 unspecified atom stereocenters. The molecule has 0 aliphatic heterocycles. The molecule has 4 heteroatoms. The first-order valence-corrected chi connectivity index (χ1v) is 7.64. The maximum atomic E-state index is 12.9. The lowest BCUT2D eigenvalue weighted by atomic mass is 9.64. The maximum Gasteiger partial charge on any atom is 0.239 e. The Morgan fingerprint density at radius 3 is 2.32 bits per heavy atom. The largest absolute Gasteiger partial charge is 0.325 e. The second-order valence-electron chi connectivity index (χ2n) is 7.34. The minimum absolute atomic E-state index is 0.345. The third-order valence-corrected chi connectivity index (χ3v) is 6.20. The van der Waals surface area contributed by atoms with Gasteiger partial charge in [-0.15, -0.1) is 0 Å². The average molecular weight is 299 g/mol. The summed E-state index contributed by atoms with van der Waals surface area (Å²) >= 11 is 0. The Bertz CT molecular complexity index is 706. The van der Waals surface area contributed by atoms with E-state index in [1.807, 2.05) is 45.9 Å². The minimum atomic E-state index is -1.23. The lowest BCUT2D eigenvalue weighted by Crippen LogP contribution is -2.47. The van der Waals surface area contributed by atoms with Crippen LogP contribution in [-0.2, 0) is 14.4 Å². The van der Waals surface area contributed by atoms with E-state index in [0.29, 0.717) is 18.5 Å². The Morgan fingerprint density at radius 2 is 1.77 bits per heavy atom. The lowest BCUT2D eigenvalue weighted by Gasteiger charge is -2.37. The van der Waals surface area contributed by atoms with Crippen LogP contribution in [0.3, 0.4) is 0 Å². The van der Waals surface area contributed by atoms with E-state index in [0.717, 1.165) is 5.56 Å². The maximum absolute atomic E-state index is 12.9. The number of nitrogens with one attached hydrogen (secondary N) is 1. The van der Waals surface area contributed by atoms with Crippen molar-refractivity contribution in [2.75, 3.05) is 5.32 Å². The van der Waals surface area contributed by atoms with Gasteiger partial charge in [0.2, 0.25) is 17.5 Å². The van der Waals surface area contributed by atoms with Crippen molar-refractivity contribution in [2.45, 2.75) is 40.5 Å². The molecule has 116 valence electrons. The number of fused-ring (bicyclic) bond motifs is 2. The number of carbonyl (C=O) groups excluding carboxylic acids is 3. The molecular weight excluding hydrogens is 278 g/mol. The number of rotatable bonds is 2. The number of hydrogen-bond donors (Lipinski definition) is 1. The quantitative estimate of drug-likeness (QED) is 0.674. The van der Waals surface area contributed by atoms with Crippen LogP contribution in [0.1, 0.15) is 39.2 Å². The molecule has 1 aromatic rings. The molecule has 2 aliphatic carbocycles. The van der Waals surface area contributed by atoms with Crippen LogP contribution in [0.2, 0.25) is 0 Å². The zero-order valence-electron chi connectivity index (χ0n) is 13.4. The van der Waals surface area contributed by atoms with Gasteiger partial charge in [-0.25, -0.2) is 0 Å². The van der Waals surface area contributed by atoms with Crippen molar-refractivity contribution in [2.24, 2.45) is 16.2 Å². The van der Waals surface area contributed by atoms with Crippen molar-refractivity contribution in [3.05, 3.63) is 29.8 Å². The molecular formula is C18H21NO3. The van der Waals surface area contributed by atoms with E-state index >= 15 is 0 Å². The number of carbonyl (C=O) groups is 3. The van der Waals surface area contributed by atoms with Gasteiger partial charge in [-0.2, -0.15) is 0 Å². The summed E-state index contributed by atoms with van der Waals surface area (Å²) in [6, 6.07) is 7.45. The second-order valence-corrected chi connectivity index (χ2v) is 7.34. The summed E-state index contributed by atoms with van der Waals surface area (Å²) < 4.78 is 0. The van der Waals surface area contributed by atoms with E-state index in [4.69, 9.17) is 0 Å². The average Bonchev–Trinajstić information content (AvgIpc) is 2.71. The summed E-state index contributed by atoms with van der Waals surface area (Å²) in [4.78, 5) is 37.9. The zero-order valence-corrected chi connectivity index (χ0v) is 13.4. The summed E-state index contributed by atoms with van der Waals surface area (Å²) in [6.07, 6.45) is 1.03. The van der Waals surface area contributed by atoms with Gasteiger partial charge in [0.05, 0.1) is 0 Å². The van der Waals surface area contributed by atoms with E-state index in [9.17, 15) is 14.4 Å². The van der Waals surface area contributed by atoms with Gasteiger partial charge in [-0.05, 0) is 42.9 Å². The number of hydrogen-bond acceptors (Lipinski definition) is 3. The van der Waals surface area contributed by atoms with Crippen LogP contribution in [0, 0.1) is 23.2 Å². The molecule has 2 bridgehead atoms. The van der Waals surface area contributed by atoms with Crippen molar-refractivity contribution in [3.63, 3.8) is 0 Å². The number of benzene rings is 1. The van der Waals surface area contributed by atoms with Crippen LogP contribution in [0.4, 0.5) is 5.69 Å². The Morgan fingerprint density at radius 1 is 1.09 bits per heavy atom. The zero-order chi connectivity index (χ0) is 16.3. The SMILES string of the molecule is Cc1cccc(NC(=O)[C@@]23CC[C@@](C)(C(=O)C2=O)C3(C)C)c1. The van der Waals surface area contributed by atoms with E-state index in [1.54, 1.807) is 6.07 Å². The molecule has 1 amide bonds. The minimum Gasteiger partial charge on any atom is -0.325 e. The fraction of sp³-hybridized carbons (Fsp3) is 0.500. The summed E-state index contributed by atoms with van der Waals surface area (Å²) in [7, 11) is 0. The Labute approximate surface area is 130 Å². The van der Waals surface area contributed by atoms with E-state index in [-0.39, 0.29) is 11.7 Å². The molecule has 0 spiro atoms. The Kier molecular flexibility index (Phi) is 2.91. The third-order valence-electron chi connectivity index (χ3n) is 6.20. The lowest BCUT2D eigenvalue weighted by molar-refractivity contribution is -0.147. The van der Waals surface area contributed by atoms with Crippen LogP contribution in [-0.4, -0.2) is 17.5 Å². The molecule has 4 nitrogen and oxygen atoms in total. The van der Waals surface area contributed by atoms with E-state index in [1.165, 1.54) is 0 Å². The molecule has 22 heavy (non-hydrogen) atoms. The topological polar surface area (TPSA) is 63.2 Å². The van der Waals surface area contributed by atoms with Gasteiger partial charge in [-0.3, -0.25) is 14.4 Å². The Hall–Kier alpha value is -1.97. The van der Waals surface area contributed by atoms with Gasteiger partial charge in [0.15, 0.2) is 0 Å². The van der Waals surface area contributed by atoms with Crippen molar-refractivity contribution in [3.8, 4) is 0 Å². The number of Topliss-reactive ketones (excluding diaryl/α,β-unsaturated/α-hetero) is 2. The molecule has 1 aromatic carbocycles. The first-order chi connectivity index (χ1) is 10.2. The predicted octanol–water partition coefficient (Wildman–Crippen LogP) is 2.90. The Balaban J connectivity index is 2.01. The molecule has 0 aromatic heterocycles. The van der Waals surface area contributed by atoms with Crippen LogP contribution in [0.25, 0.3) is 0 Å². The van der Waals surface area contributed by atoms with Gasteiger partial charge in [0, 0.05) is 11.1 Å². The fourth-order valence-electron chi connectivity index (χ4n) is 4.23. The van der Waals surface area contributed by atoms with E-state index in [2.05, 4.69) is 5.32 Å². The van der Waals surface area contributed by atoms with Gasteiger partial charge < -0.3 is 5.32 Å². The first kappa shape index (κ1) is 14.9. The molecule has 2 atom stereocenters. The highest BCUT2D eigenvalue weighted by Crippen LogP contribution is 2.69. The molecule has 0 radical (unpaired) electrons.